The summed E-state index contributed by atoms with van der Waals surface area (Å²) >= 11 is -2.82. The lowest BCUT2D eigenvalue weighted by atomic mass is 9.77. The highest BCUT2D eigenvalue weighted by molar-refractivity contribution is 7.77. The number of likely N-dealkylation sites (tertiary alicyclic amines) is 2. The van der Waals surface area contributed by atoms with E-state index in [2.05, 4.69) is 11.9 Å². The number of carbonyl (C=O) groups excluding carboxylic acids is 4. The Kier molecular flexibility index (Phi) is 11.5. The molecule has 2 aromatic carbocycles. The quantitative estimate of drug-likeness (QED) is 0.182. The summed E-state index contributed by atoms with van der Waals surface area (Å²) in [5.41, 5.74) is -0.0630. The van der Waals surface area contributed by atoms with Crippen LogP contribution in [0.2, 0.25) is 0 Å². The van der Waals surface area contributed by atoms with E-state index in [0.717, 1.165) is 29.1 Å². The van der Waals surface area contributed by atoms with E-state index in [1.807, 2.05) is 80.3 Å². The number of carbonyl (C=O) groups is 4. The smallest absolute Gasteiger partial charge is 0.260 e. The van der Waals surface area contributed by atoms with Crippen molar-refractivity contribution < 1.29 is 37.4 Å². The monoisotopic (exact) mass is 798 g/mol. The highest BCUT2D eigenvalue weighted by atomic mass is 32.2. The average Bonchev–Trinajstić information content (AvgIpc) is 4.12. The number of hydrogen-bond donors (Lipinski definition) is 1. The van der Waals surface area contributed by atoms with Crippen molar-refractivity contribution in [2.24, 2.45) is 17.3 Å². The number of amides is 4. The minimum atomic E-state index is -2.82. The van der Waals surface area contributed by atoms with Crippen LogP contribution >= 0.6 is 0 Å². The first kappa shape index (κ1) is 40.4. The fourth-order valence-electron chi connectivity index (χ4n) is 8.36. The Morgan fingerprint density at radius 1 is 1.07 bits per heavy atom. The van der Waals surface area contributed by atoms with Crippen LogP contribution in [0.4, 0.5) is 0 Å². The van der Waals surface area contributed by atoms with Gasteiger partial charge in [0.2, 0.25) is 17.7 Å². The highest BCUT2D eigenvalue weighted by Gasteiger charge is 2.63. The minimum absolute atomic E-state index is 0.0134. The minimum Gasteiger partial charge on any atom is -0.755 e. The van der Waals surface area contributed by atoms with Gasteiger partial charge in [-0.2, -0.15) is 0 Å². The third kappa shape index (κ3) is 8.29. The number of pyridine rings is 1. The Morgan fingerprint density at radius 2 is 1.79 bits per heavy atom. The van der Waals surface area contributed by atoms with Gasteiger partial charge in [-0.3, -0.25) is 27.7 Å². The van der Waals surface area contributed by atoms with E-state index >= 15 is 0 Å². The van der Waals surface area contributed by atoms with Crippen LogP contribution in [0.15, 0.2) is 67.3 Å². The summed E-state index contributed by atoms with van der Waals surface area (Å²) in [4.78, 5) is 65.4. The van der Waals surface area contributed by atoms with Gasteiger partial charge in [0, 0.05) is 54.9 Å². The van der Waals surface area contributed by atoms with Gasteiger partial charge in [0.05, 0.1) is 36.5 Å². The molecule has 14 heteroatoms. The van der Waals surface area contributed by atoms with Crippen molar-refractivity contribution in [1.82, 2.24) is 24.4 Å². The molecule has 2 saturated heterocycles. The molecule has 3 aromatic rings. The third-order valence-corrected chi connectivity index (χ3v) is 12.7. The van der Waals surface area contributed by atoms with Crippen molar-refractivity contribution in [2.75, 3.05) is 26.7 Å². The number of benzene rings is 2. The van der Waals surface area contributed by atoms with E-state index in [1.165, 1.54) is 4.90 Å². The molecule has 1 aromatic heterocycles. The zero-order valence-electron chi connectivity index (χ0n) is 33.1. The summed E-state index contributed by atoms with van der Waals surface area (Å²) in [6.45, 7) is 10.9. The van der Waals surface area contributed by atoms with Gasteiger partial charge >= 0.3 is 0 Å². The van der Waals surface area contributed by atoms with Crippen LogP contribution in [0.5, 0.6) is 11.5 Å². The number of aromatic nitrogens is 1. The van der Waals surface area contributed by atoms with E-state index in [-0.39, 0.29) is 37.6 Å². The van der Waals surface area contributed by atoms with Crippen molar-refractivity contribution in [3.05, 3.63) is 67.3 Å². The zero-order valence-corrected chi connectivity index (χ0v) is 33.9. The maximum Gasteiger partial charge on any atom is 0.260 e. The van der Waals surface area contributed by atoms with Crippen LogP contribution in [0.3, 0.4) is 0 Å². The van der Waals surface area contributed by atoms with E-state index in [1.54, 1.807) is 13.2 Å². The summed E-state index contributed by atoms with van der Waals surface area (Å²) in [6, 6.07) is 15.5. The highest BCUT2D eigenvalue weighted by Crippen LogP contribution is 2.48. The molecule has 304 valence electrons. The van der Waals surface area contributed by atoms with Crippen molar-refractivity contribution in [2.45, 2.75) is 95.9 Å². The molecule has 4 aliphatic rings. The van der Waals surface area contributed by atoms with E-state index in [0.29, 0.717) is 54.0 Å². The van der Waals surface area contributed by atoms with Gasteiger partial charge in [0.15, 0.2) is 0 Å². The molecular weight excluding hydrogens is 747 g/mol. The molecule has 57 heavy (non-hydrogen) atoms. The Morgan fingerprint density at radius 3 is 2.40 bits per heavy atom. The molecule has 4 amide bonds. The Bertz CT molecular complexity index is 2060. The number of piperidine rings is 1. The molecule has 2 unspecified atom stereocenters. The second-order valence-corrected chi connectivity index (χ2v) is 17.7. The number of nitrogens with zero attached hydrogens (tertiary/aromatic N) is 4. The summed E-state index contributed by atoms with van der Waals surface area (Å²) in [7, 11) is 1.57. The van der Waals surface area contributed by atoms with Crippen molar-refractivity contribution in [3.63, 3.8) is 0 Å². The SMILES string of the molecule is C=C[C@@H]1CC1(NC(=O)[C@@H]1C[C@@H](Oc2cc(-c3ccccc3)nc3c(OC)cccc23)CN1C(=O)[C@@H](CC(=O)N1CCCCC1)C(C)(C)C)C(=O)N(C1CC1)S(=O)[O-]. The van der Waals surface area contributed by atoms with Gasteiger partial charge in [-0.15, -0.1) is 6.58 Å². The van der Waals surface area contributed by atoms with Gasteiger partial charge in [0.25, 0.3) is 5.91 Å². The third-order valence-electron chi connectivity index (χ3n) is 11.9. The predicted octanol–water partition coefficient (Wildman–Crippen LogP) is 5.17. The first-order chi connectivity index (χ1) is 27.2. The fourth-order valence-corrected chi connectivity index (χ4v) is 9.11. The van der Waals surface area contributed by atoms with E-state index < -0.39 is 64.1 Å². The first-order valence-corrected chi connectivity index (χ1v) is 20.9. The lowest BCUT2D eigenvalue weighted by molar-refractivity contribution is -0.149. The van der Waals surface area contributed by atoms with Gasteiger partial charge in [0.1, 0.15) is 34.7 Å². The largest absolute Gasteiger partial charge is 0.755 e. The van der Waals surface area contributed by atoms with Gasteiger partial charge in [-0.05, 0) is 56.1 Å². The molecule has 2 aliphatic carbocycles. The van der Waals surface area contributed by atoms with Gasteiger partial charge in [-0.1, -0.05) is 63.2 Å². The topological polar surface area (TPSA) is 162 Å². The Labute approximate surface area is 336 Å². The summed E-state index contributed by atoms with van der Waals surface area (Å²) in [5, 5.41) is 3.60. The normalized spacial score (nSPS) is 24.3. The molecule has 0 radical (unpaired) electrons. The zero-order chi connectivity index (χ0) is 40.6. The second kappa shape index (κ2) is 16.2. The number of rotatable bonds is 13. The number of methoxy groups -OCH3 is 1. The summed E-state index contributed by atoms with van der Waals surface area (Å²) in [5.74, 6) is -1.96. The number of fused-ring (bicyclic) bond motifs is 1. The van der Waals surface area contributed by atoms with Crippen LogP contribution in [-0.2, 0) is 30.4 Å². The second-order valence-electron chi connectivity index (χ2n) is 16.9. The molecular formula is C43H52N5O8S-. The number of nitrogens with one attached hydrogen (secondary N) is 1. The van der Waals surface area contributed by atoms with E-state index in [9.17, 15) is 27.9 Å². The average molecular weight is 799 g/mol. The van der Waals surface area contributed by atoms with Crippen molar-refractivity contribution in [1.29, 1.82) is 0 Å². The van der Waals surface area contributed by atoms with Crippen molar-refractivity contribution >= 4 is 45.8 Å². The molecule has 3 heterocycles. The lowest BCUT2D eigenvalue weighted by Gasteiger charge is -2.37. The van der Waals surface area contributed by atoms with Crippen LogP contribution in [-0.4, -0.2) is 102 Å². The summed E-state index contributed by atoms with van der Waals surface area (Å²) < 4.78 is 37.8. The van der Waals surface area contributed by atoms with Crippen LogP contribution in [0.25, 0.3) is 22.2 Å². The molecule has 1 N–H and O–H groups in total. The molecule has 2 aliphatic heterocycles. The lowest BCUT2D eigenvalue weighted by Crippen LogP contribution is -2.57. The van der Waals surface area contributed by atoms with Crippen LogP contribution in [0, 0.1) is 17.3 Å². The van der Waals surface area contributed by atoms with Gasteiger partial charge in [-0.25, -0.2) is 4.98 Å². The Hall–Kier alpha value is -4.82. The Balaban J connectivity index is 1.23. The molecule has 4 fully saturated rings. The number of hydrogen-bond acceptors (Lipinski definition) is 9. The standard InChI is InChI=1S/C43H53N5O8S/c1-6-28-25-43(28,41(52)48(57(53)54)29-18-19-29)45-39(50)34-22-30(26-47(34)40(51)32(42(2,3)4)23-37(49)46-20-11-8-12-21-46)56-36-24-33(27-14-9-7-10-15-27)44-38-31(36)16-13-17-35(38)55-5/h6-7,9-10,13-17,24,28-30,32,34H,1,8,11-12,18-23,25-26H2,2-5H3,(H,45,50)(H,53,54)/p-1/t28-,30-,32-,34+,43?/m1/s1. The molecule has 2 saturated carbocycles. The molecule has 7 rings (SSSR count). The predicted molar refractivity (Wildman–Crippen MR) is 214 cm³/mol. The van der Waals surface area contributed by atoms with Crippen molar-refractivity contribution in [3.8, 4) is 22.8 Å². The molecule has 0 bridgehead atoms. The molecule has 0 spiro atoms. The van der Waals surface area contributed by atoms with Crippen LogP contribution in [0.1, 0.15) is 72.1 Å². The first-order valence-electron chi connectivity index (χ1n) is 19.9. The maximum atomic E-state index is 14.9. The summed E-state index contributed by atoms with van der Waals surface area (Å²) in [6.07, 6.45) is 5.12. The fraction of sp³-hybridized carbons (Fsp3) is 0.512. The number of para-hydroxylation sites is 1. The number of ether oxygens (including phenoxy) is 2. The molecule has 6 atom stereocenters. The van der Waals surface area contributed by atoms with E-state index in [4.69, 9.17) is 14.5 Å². The van der Waals surface area contributed by atoms with Crippen LogP contribution < -0.4 is 14.8 Å². The maximum absolute atomic E-state index is 14.9. The molecule has 13 nitrogen and oxygen atoms in total. The van der Waals surface area contributed by atoms with Gasteiger partial charge < -0.3 is 29.1 Å².